The Balaban J connectivity index is 1.44. The summed E-state index contributed by atoms with van der Waals surface area (Å²) in [5, 5.41) is 9.16. The van der Waals surface area contributed by atoms with Crippen LogP contribution in [0.15, 0.2) is 17.6 Å². The number of thioether (sulfide) groups is 1. The van der Waals surface area contributed by atoms with Gasteiger partial charge in [-0.3, -0.25) is 4.40 Å². The van der Waals surface area contributed by atoms with Crippen molar-refractivity contribution in [2.45, 2.75) is 75.2 Å². The van der Waals surface area contributed by atoms with Gasteiger partial charge < -0.3 is 4.74 Å². The maximum absolute atomic E-state index is 6.47. The Labute approximate surface area is 141 Å². The molecule has 1 unspecified atom stereocenters. The number of rotatable bonds is 4. The van der Waals surface area contributed by atoms with Crippen LogP contribution >= 0.6 is 11.8 Å². The average molecular weight is 332 g/mol. The zero-order valence-electron chi connectivity index (χ0n) is 13.7. The van der Waals surface area contributed by atoms with E-state index in [9.17, 15) is 0 Å². The first kappa shape index (κ1) is 15.4. The summed E-state index contributed by atoms with van der Waals surface area (Å²) < 4.78 is 8.45. The lowest BCUT2D eigenvalue weighted by atomic mass is 9.83. The number of hydrogen-bond acceptors (Lipinski definition) is 5. The van der Waals surface area contributed by atoms with Crippen LogP contribution in [0.3, 0.4) is 0 Å². The Kier molecular flexibility index (Phi) is 4.28. The predicted octanol–water partition coefficient (Wildman–Crippen LogP) is 3.66. The molecule has 1 atom stereocenters. The number of aryl methyl sites for hydroxylation is 1. The fourth-order valence-corrected chi connectivity index (χ4v) is 4.91. The number of fused-ring (bicyclic) bond motifs is 1. The van der Waals surface area contributed by atoms with Crippen molar-refractivity contribution in [2.24, 2.45) is 0 Å². The predicted molar refractivity (Wildman–Crippen MR) is 90.8 cm³/mol. The maximum Gasteiger partial charge on any atom is 0.175 e. The summed E-state index contributed by atoms with van der Waals surface area (Å²) in [5.74, 6) is 0.967. The molecule has 1 spiro atoms. The Bertz CT molecular complexity index is 680. The molecule has 1 saturated heterocycles. The minimum Gasteiger partial charge on any atom is -0.371 e. The summed E-state index contributed by atoms with van der Waals surface area (Å²) >= 11 is 1.78. The molecule has 2 fully saturated rings. The quantitative estimate of drug-likeness (QED) is 0.632. The van der Waals surface area contributed by atoms with Gasteiger partial charge in [-0.15, -0.1) is 10.2 Å². The lowest BCUT2D eigenvalue weighted by Crippen LogP contribution is -2.32. The molecule has 1 aliphatic carbocycles. The van der Waals surface area contributed by atoms with Gasteiger partial charge in [-0.05, 0) is 32.1 Å². The highest BCUT2D eigenvalue weighted by molar-refractivity contribution is 7.99. The highest BCUT2D eigenvalue weighted by Crippen LogP contribution is 2.42. The summed E-state index contributed by atoms with van der Waals surface area (Å²) in [6, 6.07) is 2.01. The number of hydrogen-bond donors (Lipinski definition) is 0. The summed E-state index contributed by atoms with van der Waals surface area (Å²) in [6.45, 7) is 2.12. The fraction of sp³-hybridized carbons (Fsp3) is 0.706. The van der Waals surface area contributed by atoms with Gasteiger partial charge in [0.2, 0.25) is 0 Å². The van der Waals surface area contributed by atoms with Gasteiger partial charge in [0.25, 0.3) is 0 Å². The monoisotopic (exact) mass is 332 g/mol. The van der Waals surface area contributed by atoms with Gasteiger partial charge in [-0.2, -0.15) is 0 Å². The van der Waals surface area contributed by atoms with Crippen molar-refractivity contribution in [3.8, 4) is 0 Å². The van der Waals surface area contributed by atoms with Crippen LogP contribution in [0, 0.1) is 0 Å². The van der Waals surface area contributed by atoms with Gasteiger partial charge in [0.05, 0.1) is 11.7 Å². The van der Waals surface area contributed by atoms with E-state index in [2.05, 4.69) is 17.1 Å². The molecule has 4 rings (SSSR count). The molecule has 23 heavy (non-hydrogen) atoms. The highest BCUT2D eigenvalue weighted by atomic mass is 32.2. The van der Waals surface area contributed by atoms with E-state index in [4.69, 9.17) is 9.72 Å². The van der Waals surface area contributed by atoms with Gasteiger partial charge in [0.15, 0.2) is 10.8 Å². The Hall–Kier alpha value is -1.14. The van der Waals surface area contributed by atoms with E-state index in [1.807, 2.05) is 10.5 Å². The van der Waals surface area contributed by atoms with E-state index in [1.54, 1.807) is 18.1 Å². The molecular weight excluding hydrogens is 308 g/mol. The molecule has 0 N–H and O–H groups in total. The van der Waals surface area contributed by atoms with E-state index in [1.165, 1.54) is 44.9 Å². The van der Waals surface area contributed by atoms with Crippen LogP contribution in [0.1, 0.15) is 57.6 Å². The van der Waals surface area contributed by atoms with Crippen LogP contribution in [0.5, 0.6) is 0 Å². The van der Waals surface area contributed by atoms with Crippen LogP contribution < -0.4 is 0 Å². The topological polar surface area (TPSA) is 52.3 Å². The van der Waals surface area contributed by atoms with Gasteiger partial charge >= 0.3 is 0 Å². The summed E-state index contributed by atoms with van der Waals surface area (Å²) in [4.78, 5) is 4.75. The summed E-state index contributed by atoms with van der Waals surface area (Å²) in [6.07, 6.45) is 12.0. The molecule has 0 aromatic carbocycles. The molecule has 6 heteroatoms. The maximum atomic E-state index is 6.47. The van der Waals surface area contributed by atoms with E-state index < -0.39 is 0 Å². The van der Waals surface area contributed by atoms with Crippen LogP contribution in [0.4, 0.5) is 0 Å². The second kappa shape index (κ2) is 6.40. The van der Waals surface area contributed by atoms with Crippen LogP contribution in [-0.2, 0) is 11.2 Å². The van der Waals surface area contributed by atoms with Crippen LogP contribution in [0.2, 0.25) is 0 Å². The second-order valence-corrected chi connectivity index (χ2v) is 7.76. The lowest BCUT2D eigenvalue weighted by molar-refractivity contribution is -0.0555. The number of aromatic nitrogens is 4. The second-order valence-electron chi connectivity index (χ2n) is 6.78. The van der Waals surface area contributed by atoms with E-state index in [0.717, 1.165) is 28.7 Å². The molecule has 124 valence electrons. The molecule has 1 saturated carbocycles. The lowest BCUT2D eigenvalue weighted by Gasteiger charge is -2.33. The standard InChI is InChI=1S/C17H24N4OS/c1-2-13-10-15-20-18-12-21(15)16(19-13)23-11-14-6-9-17(22-14)7-4-3-5-8-17/h10,12,14H,2-9,11H2,1H3. The van der Waals surface area contributed by atoms with Crippen molar-refractivity contribution < 1.29 is 4.74 Å². The number of ether oxygens (including phenoxy) is 1. The normalized spacial score (nSPS) is 23.8. The van der Waals surface area contributed by atoms with Crippen molar-refractivity contribution in [1.29, 1.82) is 0 Å². The molecule has 0 radical (unpaired) electrons. The van der Waals surface area contributed by atoms with Crippen molar-refractivity contribution >= 4 is 17.4 Å². The molecule has 3 heterocycles. The van der Waals surface area contributed by atoms with E-state index in [0.29, 0.717) is 6.10 Å². The fourth-order valence-electron chi connectivity index (χ4n) is 3.87. The first-order valence-corrected chi connectivity index (χ1v) is 9.77. The first-order chi connectivity index (χ1) is 11.3. The molecule has 2 aliphatic rings. The smallest absolute Gasteiger partial charge is 0.175 e. The van der Waals surface area contributed by atoms with E-state index in [-0.39, 0.29) is 5.60 Å². The van der Waals surface area contributed by atoms with Gasteiger partial charge in [-0.25, -0.2) is 4.98 Å². The third-order valence-electron chi connectivity index (χ3n) is 5.18. The summed E-state index contributed by atoms with van der Waals surface area (Å²) in [7, 11) is 0. The van der Waals surface area contributed by atoms with Gasteiger partial charge in [-0.1, -0.05) is 37.9 Å². The molecular formula is C17H24N4OS. The van der Waals surface area contributed by atoms with Gasteiger partial charge in [0.1, 0.15) is 6.33 Å². The van der Waals surface area contributed by atoms with Crippen molar-refractivity contribution in [3.05, 3.63) is 18.1 Å². The third-order valence-corrected chi connectivity index (χ3v) is 6.26. The Morgan fingerprint density at radius 1 is 1.30 bits per heavy atom. The minimum atomic E-state index is 0.202. The van der Waals surface area contributed by atoms with Gasteiger partial charge in [0, 0.05) is 17.5 Å². The third kappa shape index (κ3) is 3.11. The molecule has 5 nitrogen and oxygen atoms in total. The Morgan fingerprint density at radius 2 is 2.17 bits per heavy atom. The SMILES string of the molecule is CCc1cc2nncn2c(SCC2CCC3(CCCCC3)O2)n1. The van der Waals surface area contributed by atoms with E-state index >= 15 is 0 Å². The van der Waals surface area contributed by atoms with Crippen molar-refractivity contribution in [3.63, 3.8) is 0 Å². The summed E-state index contributed by atoms with van der Waals surface area (Å²) in [5.41, 5.74) is 2.16. The van der Waals surface area contributed by atoms with Crippen LogP contribution in [-0.4, -0.2) is 37.0 Å². The molecule has 2 aromatic rings. The first-order valence-electron chi connectivity index (χ1n) is 8.78. The molecule has 0 amide bonds. The average Bonchev–Trinajstić information content (AvgIpc) is 3.20. The largest absolute Gasteiger partial charge is 0.371 e. The minimum absolute atomic E-state index is 0.202. The number of nitrogens with zero attached hydrogens (tertiary/aromatic N) is 4. The van der Waals surface area contributed by atoms with Crippen LogP contribution in [0.25, 0.3) is 5.65 Å². The Morgan fingerprint density at radius 3 is 3.00 bits per heavy atom. The zero-order valence-corrected chi connectivity index (χ0v) is 14.5. The molecule has 0 bridgehead atoms. The zero-order chi connectivity index (χ0) is 15.7. The molecule has 1 aliphatic heterocycles. The van der Waals surface area contributed by atoms with Crippen molar-refractivity contribution in [2.75, 3.05) is 5.75 Å². The molecule has 2 aromatic heterocycles. The highest BCUT2D eigenvalue weighted by Gasteiger charge is 2.40. The van der Waals surface area contributed by atoms with Crippen molar-refractivity contribution in [1.82, 2.24) is 19.6 Å².